The van der Waals surface area contributed by atoms with Crippen LogP contribution in [-0.2, 0) is 13.0 Å². The number of nitrogens with zero attached hydrogens (tertiary/aromatic N) is 3. The van der Waals surface area contributed by atoms with Crippen LogP contribution in [0.15, 0.2) is 34.6 Å². The molecule has 0 radical (unpaired) electrons. The molecular formula is C22H32N4O3S. The van der Waals surface area contributed by atoms with Gasteiger partial charge in [0.2, 0.25) is 0 Å². The number of rotatable bonds is 8. The normalized spacial score (nSPS) is 15.2. The largest absolute Gasteiger partial charge is 0.496 e. The van der Waals surface area contributed by atoms with E-state index in [0.29, 0.717) is 0 Å². The van der Waals surface area contributed by atoms with Crippen LogP contribution < -0.4 is 19.5 Å². The molecule has 0 aliphatic carbocycles. The number of hydrogen-bond donors (Lipinski definition) is 1. The number of benzene rings is 1. The summed E-state index contributed by atoms with van der Waals surface area (Å²) in [7, 11) is 6.81. The summed E-state index contributed by atoms with van der Waals surface area (Å²) in [4.78, 5) is 10.7. The Bertz CT molecular complexity index is 793. The summed E-state index contributed by atoms with van der Waals surface area (Å²) in [6.07, 6.45) is 0.758. The van der Waals surface area contributed by atoms with Gasteiger partial charge in [0.1, 0.15) is 17.2 Å². The first-order valence-electron chi connectivity index (χ1n) is 10.2. The van der Waals surface area contributed by atoms with E-state index in [1.807, 2.05) is 30.5 Å². The lowest BCUT2D eigenvalue weighted by molar-refractivity contribution is 0.174. The number of methoxy groups -OCH3 is 3. The van der Waals surface area contributed by atoms with E-state index in [1.165, 1.54) is 4.88 Å². The number of nitrogens with one attached hydrogen (secondary N) is 1. The molecule has 0 bridgehead atoms. The predicted octanol–water partition coefficient (Wildman–Crippen LogP) is 2.71. The molecule has 1 aliphatic heterocycles. The maximum atomic E-state index is 5.55. The van der Waals surface area contributed by atoms with Gasteiger partial charge in [-0.25, -0.2) is 0 Å². The number of thiophene rings is 1. The molecule has 1 aromatic heterocycles. The van der Waals surface area contributed by atoms with Crippen LogP contribution in [0.5, 0.6) is 17.2 Å². The highest BCUT2D eigenvalue weighted by molar-refractivity contribution is 7.09. The Labute approximate surface area is 183 Å². The zero-order valence-corrected chi connectivity index (χ0v) is 19.1. The standard InChI is InChI=1S/C22H32N4O3S/c1-23-22(26-11-9-25(10-12-26)16-18-6-5-13-30-18)24-8-7-19-20(28-3)14-17(27-2)15-21(19)29-4/h5-6,13-15H,7-12,16H2,1-4H3,(H,23,24). The van der Waals surface area contributed by atoms with E-state index in [2.05, 4.69) is 37.6 Å². The molecule has 1 saturated heterocycles. The lowest BCUT2D eigenvalue weighted by Crippen LogP contribution is -2.52. The summed E-state index contributed by atoms with van der Waals surface area (Å²) in [5.41, 5.74) is 1.02. The van der Waals surface area contributed by atoms with E-state index in [-0.39, 0.29) is 0 Å². The van der Waals surface area contributed by atoms with E-state index in [4.69, 9.17) is 14.2 Å². The minimum atomic E-state index is 0.719. The third kappa shape index (κ3) is 5.58. The number of ether oxygens (including phenoxy) is 3. The molecule has 30 heavy (non-hydrogen) atoms. The van der Waals surface area contributed by atoms with Gasteiger partial charge in [-0.05, 0) is 17.9 Å². The molecule has 0 amide bonds. The fourth-order valence-electron chi connectivity index (χ4n) is 3.70. The topological polar surface area (TPSA) is 58.6 Å². The van der Waals surface area contributed by atoms with Crippen LogP contribution in [0.1, 0.15) is 10.4 Å². The first-order valence-corrected chi connectivity index (χ1v) is 11.1. The van der Waals surface area contributed by atoms with Gasteiger partial charge in [-0.15, -0.1) is 11.3 Å². The van der Waals surface area contributed by atoms with Crippen LogP contribution in [0.25, 0.3) is 0 Å². The third-order valence-corrected chi connectivity index (χ3v) is 6.18. The Morgan fingerprint density at radius 2 is 1.77 bits per heavy atom. The zero-order valence-electron chi connectivity index (χ0n) is 18.3. The van der Waals surface area contributed by atoms with E-state index in [0.717, 1.165) is 74.5 Å². The van der Waals surface area contributed by atoms with E-state index >= 15 is 0 Å². The molecule has 0 atom stereocenters. The van der Waals surface area contributed by atoms with Crippen LogP contribution in [-0.4, -0.2) is 76.9 Å². The highest BCUT2D eigenvalue weighted by Crippen LogP contribution is 2.34. The first kappa shape index (κ1) is 22.2. The summed E-state index contributed by atoms with van der Waals surface area (Å²) in [5, 5.41) is 5.64. The van der Waals surface area contributed by atoms with Gasteiger partial charge in [0, 0.05) is 68.9 Å². The molecule has 7 nitrogen and oxygen atoms in total. The predicted molar refractivity (Wildman–Crippen MR) is 122 cm³/mol. The zero-order chi connectivity index (χ0) is 21.3. The fourth-order valence-corrected chi connectivity index (χ4v) is 4.44. The Morgan fingerprint density at radius 1 is 1.07 bits per heavy atom. The van der Waals surface area contributed by atoms with Gasteiger partial charge < -0.3 is 24.4 Å². The quantitative estimate of drug-likeness (QED) is 0.511. The van der Waals surface area contributed by atoms with Crippen LogP contribution in [0.4, 0.5) is 0 Å². The van der Waals surface area contributed by atoms with E-state index < -0.39 is 0 Å². The van der Waals surface area contributed by atoms with Crippen LogP contribution in [0.2, 0.25) is 0 Å². The lowest BCUT2D eigenvalue weighted by atomic mass is 10.1. The second-order valence-corrected chi connectivity index (χ2v) is 8.11. The van der Waals surface area contributed by atoms with Crippen LogP contribution in [0.3, 0.4) is 0 Å². The third-order valence-electron chi connectivity index (χ3n) is 5.32. The minimum absolute atomic E-state index is 0.719. The monoisotopic (exact) mass is 432 g/mol. The lowest BCUT2D eigenvalue weighted by Gasteiger charge is -2.36. The van der Waals surface area contributed by atoms with Crippen molar-refractivity contribution in [1.29, 1.82) is 0 Å². The van der Waals surface area contributed by atoms with Gasteiger partial charge in [-0.1, -0.05) is 6.07 Å². The Morgan fingerprint density at radius 3 is 2.30 bits per heavy atom. The maximum Gasteiger partial charge on any atom is 0.193 e. The van der Waals surface area contributed by atoms with Gasteiger partial charge >= 0.3 is 0 Å². The molecule has 1 N–H and O–H groups in total. The first-order chi connectivity index (χ1) is 14.7. The summed E-state index contributed by atoms with van der Waals surface area (Å²) in [5.74, 6) is 3.20. The Hall–Kier alpha value is -2.45. The smallest absolute Gasteiger partial charge is 0.193 e. The summed E-state index contributed by atoms with van der Waals surface area (Å²) in [6, 6.07) is 8.10. The fraction of sp³-hybridized carbons (Fsp3) is 0.500. The second kappa shape index (κ2) is 11.1. The number of hydrogen-bond acceptors (Lipinski definition) is 6. The number of piperazine rings is 1. The SMILES string of the molecule is CN=C(NCCc1c(OC)cc(OC)cc1OC)N1CCN(Cc2cccs2)CC1. The van der Waals surface area contributed by atoms with Crippen molar-refractivity contribution in [3.8, 4) is 17.2 Å². The highest BCUT2D eigenvalue weighted by atomic mass is 32.1. The molecule has 2 heterocycles. The second-order valence-electron chi connectivity index (χ2n) is 7.08. The summed E-state index contributed by atoms with van der Waals surface area (Å²) >= 11 is 1.83. The van der Waals surface area contributed by atoms with Crippen molar-refractivity contribution in [3.63, 3.8) is 0 Å². The van der Waals surface area contributed by atoms with Crippen molar-refractivity contribution in [1.82, 2.24) is 15.1 Å². The van der Waals surface area contributed by atoms with Gasteiger partial charge in [-0.2, -0.15) is 0 Å². The molecule has 0 spiro atoms. The molecule has 1 aliphatic rings. The maximum absolute atomic E-state index is 5.55. The van der Waals surface area contributed by atoms with Crippen molar-refractivity contribution in [2.75, 3.05) is 61.1 Å². The average molecular weight is 433 g/mol. The molecular weight excluding hydrogens is 400 g/mol. The van der Waals surface area contributed by atoms with E-state index in [1.54, 1.807) is 21.3 Å². The van der Waals surface area contributed by atoms with Crippen LogP contribution >= 0.6 is 11.3 Å². The van der Waals surface area contributed by atoms with E-state index in [9.17, 15) is 0 Å². The molecule has 2 aromatic rings. The molecule has 0 saturated carbocycles. The Balaban J connectivity index is 1.53. The summed E-state index contributed by atoms with van der Waals surface area (Å²) < 4.78 is 16.4. The molecule has 8 heteroatoms. The molecule has 1 aromatic carbocycles. The van der Waals surface area contributed by atoms with Crippen molar-refractivity contribution in [2.45, 2.75) is 13.0 Å². The number of guanidine groups is 1. The molecule has 3 rings (SSSR count). The molecule has 1 fully saturated rings. The van der Waals surface area contributed by atoms with Gasteiger partial charge in [-0.3, -0.25) is 9.89 Å². The number of aliphatic imine (C=N–C) groups is 1. The minimum Gasteiger partial charge on any atom is -0.496 e. The van der Waals surface area contributed by atoms with Crippen LogP contribution in [0, 0.1) is 0 Å². The van der Waals surface area contributed by atoms with Gasteiger partial charge in [0.15, 0.2) is 5.96 Å². The van der Waals surface area contributed by atoms with Crippen molar-refractivity contribution in [2.24, 2.45) is 4.99 Å². The average Bonchev–Trinajstić information content (AvgIpc) is 3.30. The Kier molecular flexibility index (Phi) is 8.21. The van der Waals surface area contributed by atoms with Crippen molar-refractivity contribution in [3.05, 3.63) is 40.1 Å². The van der Waals surface area contributed by atoms with Gasteiger partial charge in [0.05, 0.1) is 21.3 Å². The summed E-state index contributed by atoms with van der Waals surface area (Å²) in [6.45, 7) is 5.80. The highest BCUT2D eigenvalue weighted by Gasteiger charge is 2.20. The van der Waals surface area contributed by atoms with Crippen molar-refractivity contribution >= 4 is 17.3 Å². The van der Waals surface area contributed by atoms with Gasteiger partial charge in [0.25, 0.3) is 0 Å². The molecule has 164 valence electrons. The van der Waals surface area contributed by atoms with Crippen molar-refractivity contribution < 1.29 is 14.2 Å². The molecule has 0 unspecified atom stereocenters.